The van der Waals surface area contributed by atoms with Gasteiger partial charge >= 0.3 is 12.1 Å². The van der Waals surface area contributed by atoms with Crippen LogP contribution in [0, 0.1) is 0 Å². The minimum Gasteiger partial charge on any atom is -0.465 e. The zero-order chi connectivity index (χ0) is 18.9. The van der Waals surface area contributed by atoms with Crippen LogP contribution in [0.1, 0.15) is 21.5 Å². The molecule has 1 amide bonds. The third-order valence-electron chi connectivity index (χ3n) is 3.63. The minimum atomic E-state index is -0.584. The first-order valence-electron chi connectivity index (χ1n) is 8.01. The van der Waals surface area contributed by atoms with Crippen LogP contribution in [0.4, 0.5) is 10.5 Å². The third-order valence-corrected chi connectivity index (χ3v) is 3.63. The number of hydrogen-bond donors (Lipinski definition) is 1. The molecule has 0 saturated carbocycles. The second kappa shape index (κ2) is 9.39. The highest BCUT2D eigenvalue weighted by Crippen LogP contribution is 2.22. The van der Waals surface area contributed by atoms with Crippen molar-refractivity contribution in [3.8, 4) is 0 Å². The lowest BCUT2D eigenvalue weighted by molar-refractivity contribution is 0.0600. The molecule has 6 nitrogen and oxygen atoms in total. The summed E-state index contributed by atoms with van der Waals surface area (Å²) in [5, 5.41) is 9.44. The maximum atomic E-state index is 12.5. The molecule has 2 aromatic carbocycles. The van der Waals surface area contributed by atoms with Crippen LogP contribution in [0.15, 0.2) is 61.2 Å². The fourth-order valence-corrected chi connectivity index (χ4v) is 2.37. The molecule has 0 aliphatic heterocycles. The van der Waals surface area contributed by atoms with Crippen molar-refractivity contribution in [2.24, 2.45) is 0 Å². The Bertz CT molecular complexity index is 773. The van der Waals surface area contributed by atoms with E-state index in [1.165, 1.54) is 24.1 Å². The Balaban J connectivity index is 2.25. The lowest BCUT2D eigenvalue weighted by Crippen LogP contribution is -2.32. The summed E-state index contributed by atoms with van der Waals surface area (Å²) in [6, 6.07) is 13.9. The van der Waals surface area contributed by atoms with Gasteiger partial charge in [-0.15, -0.1) is 6.58 Å². The van der Waals surface area contributed by atoms with Crippen LogP contribution in [-0.2, 0) is 22.7 Å². The number of hydrogen-bond acceptors (Lipinski definition) is 5. The number of carbonyl (C=O) groups excluding carboxylic acids is 2. The van der Waals surface area contributed by atoms with Crippen LogP contribution in [0.25, 0.3) is 0 Å². The van der Waals surface area contributed by atoms with Gasteiger partial charge in [0.15, 0.2) is 0 Å². The number of benzene rings is 2. The second-order valence-electron chi connectivity index (χ2n) is 5.48. The van der Waals surface area contributed by atoms with Gasteiger partial charge in [-0.2, -0.15) is 0 Å². The Kier molecular flexibility index (Phi) is 6.93. The number of ether oxygens (including phenoxy) is 2. The summed E-state index contributed by atoms with van der Waals surface area (Å²) < 4.78 is 10.1. The predicted molar refractivity (Wildman–Crippen MR) is 97.9 cm³/mol. The fourth-order valence-electron chi connectivity index (χ4n) is 2.37. The van der Waals surface area contributed by atoms with Crippen molar-refractivity contribution in [1.29, 1.82) is 0 Å². The lowest BCUT2D eigenvalue weighted by atomic mass is 10.1. The maximum absolute atomic E-state index is 12.5. The second-order valence-corrected chi connectivity index (χ2v) is 5.48. The number of aliphatic hydroxyl groups excluding tert-OH is 1. The van der Waals surface area contributed by atoms with Gasteiger partial charge in [-0.3, -0.25) is 4.90 Å². The number of amides is 1. The quantitative estimate of drug-likeness (QED) is 0.609. The van der Waals surface area contributed by atoms with Crippen molar-refractivity contribution in [2.75, 3.05) is 18.6 Å². The predicted octanol–water partition coefficient (Wildman–Crippen LogP) is 3.29. The molecule has 0 fully saturated rings. The molecule has 0 saturated heterocycles. The van der Waals surface area contributed by atoms with E-state index in [1.54, 1.807) is 12.1 Å². The van der Waals surface area contributed by atoms with Gasteiger partial charge in [0.05, 0.1) is 19.3 Å². The Labute approximate surface area is 152 Å². The lowest BCUT2D eigenvalue weighted by Gasteiger charge is -2.22. The Morgan fingerprint density at radius 3 is 2.50 bits per heavy atom. The highest BCUT2D eigenvalue weighted by Gasteiger charge is 2.19. The van der Waals surface area contributed by atoms with E-state index in [0.29, 0.717) is 11.3 Å². The molecule has 0 radical (unpaired) electrons. The van der Waals surface area contributed by atoms with Crippen LogP contribution in [0.3, 0.4) is 0 Å². The zero-order valence-electron chi connectivity index (χ0n) is 14.6. The van der Waals surface area contributed by atoms with E-state index in [1.807, 2.05) is 30.3 Å². The minimum absolute atomic E-state index is 0.122. The van der Waals surface area contributed by atoms with Crippen molar-refractivity contribution >= 4 is 17.7 Å². The smallest absolute Gasteiger partial charge is 0.414 e. The highest BCUT2D eigenvalue weighted by atomic mass is 16.6. The van der Waals surface area contributed by atoms with Gasteiger partial charge in [-0.1, -0.05) is 36.4 Å². The van der Waals surface area contributed by atoms with Gasteiger partial charge in [0, 0.05) is 12.2 Å². The van der Waals surface area contributed by atoms with Crippen LogP contribution in [0.5, 0.6) is 0 Å². The SMILES string of the molecule is C=CCN(C(=O)OCc1ccccc1)c1cc(CO)cc(C(=O)OC)c1. The summed E-state index contributed by atoms with van der Waals surface area (Å²) in [7, 11) is 1.27. The standard InChI is InChI=1S/C20H21NO5/c1-3-9-21(20(24)26-14-15-7-5-4-6-8-15)18-11-16(13-22)10-17(12-18)19(23)25-2/h3-8,10-12,22H,1,9,13-14H2,2H3. The van der Waals surface area contributed by atoms with Crippen LogP contribution in [0.2, 0.25) is 0 Å². The van der Waals surface area contributed by atoms with Crippen molar-refractivity contribution in [3.05, 3.63) is 77.9 Å². The Morgan fingerprint density at radius 2 is 1.88 bits per heavy atom. The van der Waals surface area contributed by atoms with Gasteiger partial charge in [0.25, 0.3) is 0 Å². The molecule has 0 spiro atoms. The van der Waals surface area contributed by atoms with E-state index >= 15 is 0 Å². The Morgan fingerprint density at radius 1 is 1.15 bits per heavy atom. The summed E-state index contributed by atoms with van der Waals surface area (Å²) in [5.41, 5.74) is 1.99. The molecule has 6 heteroatoms. The van der Waals surface area contributed by atoms with E-state index in [2.05, 4.69) is 6.58 Å². The fraction of sp³-hybridized carbons (Fsp3) is 0.200. The number of nitrogens with zero attached hydrogens (tertiary/aromatic N) is 1. The first-order valence-corrected chi connectivity index (χ1v) is 8.01. The first-order chi connectivity index (χ1) is 12.6. The van der Waals surface area contributed by atoms with Crippen LogP contribution < -0.4 is 4.90 Å². The first kappa shape index (κ1) is 19.2. The van der Waals surface area contributed by atoms with Gasteiger partial charge in [-0.05, 0) is 29.3 Å². The van der Waals surface area contributed by atoms with Gasteiger partial charge in [-0.25, -0.2) is 9.59 Å². The molecule has 0 aromatic heterocycles. The maximum Gasteiger partial charge on any atom is 0.414 e. The number of carbonyl (C=O) groups is 2. The van der Waals surface area contributed by atoms with Crippen molar-refractivity contribution in [3.63, 3.8) is 0 Å². The van der Waals surface area contributed by atoms with E-state index in [9.17, 15) is 14.7 Å². The molecular formula is C20H21NO5. The van der Waals surface area contributed by atoms with Crippen molar-refractivity contribution in [2.45, 2.75) is 13.2 Å². The number of rotatable bonds is 7. The molecule has 1 N–H and O–H groups in total. The van der Waals surface area contributed by atoms with Crippen LogP contribution in [-0.4, -0.2) is 30.8 Å². The molecule has 26 heavy (non-hydrogen) atoms. The number of aliphatic hydroxyl groups is 1. The number of esters is 1. The molecule has 0 atom stereocenters. The number of methoxy groups -OCH3 is 1. The molecule has 0 heterocycles. The average Bonchev–Trinajstić information content (AvgIpc) is 2.69. The molecule has 2 aromatic rings. The molecule has 136 valence electrons. The van der Waals surface area contributed by atoms with Crippen molar-refractivity contribution < 1.29 is 24.2 Å². The topological polar surface area (TPSA) is 76.1 Å². The van der Waals surface area contributed by atoms with E-state index in [0.717, 1.165) is 5.56 Å². The van der Waals surface area contributed by atoms with E-state index < -0.39 is 12.1 Å². The summed E-state index contributed by atoms with van der Waals surface area (Å²) in [4.78, 5) is 25.7. The molecule has 0 aliphatic rings. The summed E-state index contributed by atoms with van der Waals surface area (Å²) >= 11 is 0. The van der Waals surface area contributed by atoms with Crippen LogP contribution >= 0.6 is 0 Å². The molecular weight excluding hydrogens is 334 g/mol. The molecule has 0 aliphatic carbocycles. The van der Waals surface area contributed by atoms with Gasteiger partial charge < -0.3 is 14.6 Å². The highest BCUT2D eigenvalue weighted by molar-refractivity contribution is 5.94. The third kappa shape index (κ3) is 4.94. The monoisotopic (exact) mass is 355 g/mol. The van der Waals surface area contributed by atoms with E-state index in [4.69, 9.17) is 9.47 Å². The summed E-state index contributed by atoms with van der Waals surface area (Å²) in [6.07, 6.45) is 0.965. The summed E-state index contributed by atoms with van der Waals surface area (Å²) in [6.45, 7) is 3.68. The molecule has 0 bridgehead atoms. The van der Waals surface area contributed by atoms with Gasteiger partial charge in [0.1, 0.15) is 6.61 Å². The molecule has 0 unspecified atom stereocenters. The number of anilines is 1. The average molecular weight is 355 g/mol. The van der Waals surface area contributed by atoms with Gasteiger partial charge in [0.2, 0.25) is 0 Å². The van der Waals surface area contributed by atoms with Crippen molar-refractivity contribution in [1.82, 2.24) is 0 Å². The summed E-state index contributed by atoms with van der Waals surface area (Å²) in [5.74, 6) is -0.558. The normalized spacial score (nSPS) is 10.1. The Hall–Kier alpha value is -3.12. The molecule has 2 rings (SSSR count). The van der Waals surface area contributed by atoms with E-state index in [-0.39, 0.29) is 25.3 Å². The largest absolute Gasteiger partial charge is 0.465 e. The zero-order valence-corrected chi connectivity index (χ0v) is 14.6.